The summed E-state index contributed by atoms with van der Waals surface area (Å²) in [5.74, 6) is 0.590. The molecule has 0 heterocycles. The lowest BCUT2D eigenvalue weighted by Crippen LogP contribution is -2.23. The van der Waals surface area contributed by atoms with Gasteiger partial charge in [0, 0.05) is 0 Å². The van der Waals surface area contributed by atoms with Crippen LogP contribution in [-0.4, -0.2) is 0 Å². The first-order valence-electron chi connectivity index (χ1n) is 7.26. The summed E-state index contributed by atoms with van der Waals surface area (Å²) in [6.07, 6.45) is 1.21. The maximum atomic E-state index is 4.01. The molecule has 19 heavy (non-hydrogen) atoms. The van der Waals surface area contributed by atoms with Crippen molar-refractivity contribution < 1.29 is 0 Å². The Morgan fingerprint density at radius 1 is 1.00 bits per heavy atom. The Morgan fingerprint density at radius 3 is 1.79 bits per heavy atom. The maximum absolute atomic E-state index is 4.01. The third kappa shape index (κ3) is 4.86. The average molecular weight is 258 g/mol. The van der Waals surface area contributed by atoms with Crippen LogP contribution in [0.3, 0.4) is 0 Å². The molecule has 0 saturated heterocycles. The first-order valence-corrected chi connectivity index (χ1v) is 7.26. The van der Waals surface area contributed by atoms with Crippen molar-refractivity contribution in [3.05, 3.63) is 42.0 Å². The second-order valence-electron chi connectivity index (χ2n) is 8.09. The smallest absolute Gasteiger partial charge is 0.0108 e. The Hall–Kier alpha value is -1.04. The van der Waals surface area contributed by atoms with Gasteiger partial charge in [0.1, 0.15) is 0 Å². The van der Waals surface area contributed by atoms with E-state index in [4.69, 9.17) is 0 Å². The van der Waals surface area contributed by atoms with E-state index in [1.54, 1.807) is 0 Å². The summed E-state index contributed by atoms with van der Waals surface area (Å²) in [6.45, 7) is 20.1. The number of allylic oxidation sites excluding steroid dienone is 1. The molecule has 0 amide bonds. The molecule has 1 rings (SSSR count). The Morgan fingerprint density at radius 2 is 1.47 bits per heavy atom. The molecule has 1 aromatic rings. The first kappa shape index (κ1) is 16.0. The molecule has 1 unspecified atom stereocenters. The zero-order chi connectivity index (χ0) is 14.8. The van der Waals surface area contributed by atoms with Gasteiger partial charge in [-0.2, -0.15) is 0 Å². The average Bonchev–Trinajstić information content (AvgIpc) is 2.23. The third-order valence-electron chi connectivity index (χ3n) is 3.67. The summed E-state index contributed by atoms with van der Waals surface area (Å²) in [6, 6.07) is 8.98. The van der Waals surface area contributed by atoms with E-state index in [-0.39, 0.29) is 5.41 Å². The lowest BCUT2D eigenvalue weighted by molar-refractivity contribution is 0.229. The molecule has 0 aromatic heterocycles. The molecule has 0 bridgehead atoms. The van der Waals surface area contributed by atoms with Crippen LogP contribution in [0.15, 0.2) is 30.8 Å². The van der Waals surface area contributed by atoms with Crippen molar-refractivity contribution in [3.8, 4) is 0 Å². The van der Waals surface area contributed by atoms with Crippen molar-refractivity contribution in [3.63, 3.8) is 0 Å². The van der Waals surface area contributed by atoms with E-state index in [0.29, 0.717) is 11.3 Å². The van der Waals surface area contributed by atoms with E-state index >= 15 is 0 Å². The van der Waals surface area contributed by atoms with Crippen molar-refractivity contribution in [1.29, 1.82) is 0 Å². The van der Waals surface area contributed by atoms with Crippen LogP contribution in [0.2, 0.25) is 0 Å². The van der Waals surface area contributed by atoms with E-state index in [2.05, 4.69) is 79.3 Å². The van der Waals surface area contributed by atoms with Crippen LogP contribution in [-0.2, 0) is 0 Å². The fourth-order valence-corrected chi connectivity index (χ4v) is 2.54. The van der Waals surface area contributed by atoms with Crippen LogP contribution >= 0.6 is 0 Å². The summed E-state index contributed by atoms with van der Waals surface area (Å²) >= 11 is 0. The normalized spacial score (nSPS) is 14.3. The molecule has 1 aromatic carbocycles. The second kappa shape index (κ2) is 5.53. The van der Waals surface area contributed by atoms with Gasteiger partial charge in [0.05, 0.1) is 0 Å². The van der Waals surface area contributed by atoms with Crippen LogP contribution in [0, 0.1) is 10.8 Å². The summed E-state index contributed by atoms with van der Waals surface area (Å²) in [5, 5.41) is 0. The summed E-state index contributed by atoms with van der Waals surface area (Å²) < 4.78 is 0. The van der Waals surface area contributed by atoms with Gasteiger partial charge in [0.2, 0.25) is 0 Å². The van der Waals surface area contributed by atoms with Crippen molar-refractivity contribution in [2.24, 2.45) is 10.8 Å². The van der Waals surface area contributed by atoms with Gasteiger partial charge in [-0.1, -0.05) is 78.0 Å². The molecule has 0 aliphatic heterocycles. The van der Waals surface area contributed by atoms with E-state index in [9.17, 15) is 0 Å². The van der Waals surface area contributed by atoms with Gasteiger partial charge in [0.25, 0.3) is 0 Å². The summed E-state index contributed by atoms with van der Waals surface area (Å²) in [5.41, 5.74) is 4.47. The molecule has 0 aliphatic rings. The number of hydrogen-bond acceptors (Lipinski definition) is 0. The van der Waals surface area contributed by atoms with E-state index in [1.165, 1.54) is 17.5 Å². The summed E-state index contributed by atoms with van der Waals surface area (Å²) in [7, 11) is 0. The van der Waals surface area contributed by atoms with Gasteiger partial charge < -0.3 is 0 Å². The standard InChI is InChI=1S/C19H30/c1-14(2)15-9-11-16(12-10-15)17(19(6,7)8)13-18(3,4)5/h9-12,17H,1,13H2,2-8H3. The van der Waals surface area contributed by atoms with Crippen molar-refractivity contribution in [2.45, 2.75) is 60.8 Å². The monoisotopic (exact) mass is 258 g/mol. The van der Waals surface area contributed by atoms with Gasteiger partial charge in [-0.3, -0.25) is 0 Å². The number of hydrogen-bond donors (Lipinski definition) is 0. The topological polar surface area (TPSA) is 0 Å². The Bertz CT molecular complexity index is 421. The molecule has 0 radical (unpaired) electrons. The fraction of sp³-hybridized carbons (Fsp3) is 0.579. The predicted molar refractivity (Wildman–Crippen MR) is 87.4 cm³/mol. The second-order valence-corrected chi connectivity index (χ2v) is 8.09. The van der Waals surface area contributed by atoms with Crippen LogP contribution < -0.4 is 0 Å². The zero-order valence-electron chi connectivity index (χ0n) is 13.8. The molecule has 0 fully saturated rings. The number of rotatable bonds is 3. The maximum Gasteiger partial charge on any atom is -0.0108 e. The molecule has 106 valence electrons. The first-order chi connectivity index (χ1) is 8.50. The van der Waals surface area contributed by atoms with E-state index < -0.39 is 0 Å². The van der Waals surface area contributed by atoms with Gasteiger partial charge in [-0.25, -0.2) is 0 Å². The molecule has 0 saturated carbocycles. The summed E-state index contributed by atoms with van der Waals surface area (Å²) in [4.78, 5) is 0. The quantitative estimate of drug-likeness (QED) is 0.598. The van der Waals surface area contributed by atoms with Crippen molar-refractivity contribution in [2.75, 3.05) is 0 Å². The molecule has 0 heteroatoms. The van der Waals surface area contributed by atoms with Crippen LogP contribution in [0.4, 0.5) is 0 Å². The highest BCUT2D eigenvalue weighted by molar-refractivity contribution is 5.61. The van der Waals surface area contributed by atoms with Gasteiger partial charge in [-0.05, 0) is 41.2 Å². The fourth-order valence-electron chi connectivity index (χ4n) is 2.54. The van der Waals surface area contributed by atoms with E-state index in [1.807, 2.05) is 0 Å². The number of benzene rings is 1. The van der Waals surface area contributed by atoms with E-state index in [0.717, 1.165) is 5.57 Å². The van der Waals surface area contributed by atoms with Crippen molar-refractivity contribution >= 4 is 5.57 Å². The lowest BCUT2D eigenvalue weighted by atomic mass is 9.69. The highest BCUT2D eigenvalue weighted by atomic mass is 14.3. The molecule has 0 N–H and O–H groups in total. The lowest BCUT2D eigenvalue weighted by Gasteiger charge is -2.36. The molecule has 0 aliphatic carbocycles. The Labute approximate surface area is 119 Å². The van der Waals surface area contributed by atoms with Crippen LogP contribution in [0.5, 0.6) is 0 Å². The highest BCUT2D eigenvalue weighted by Crippen LogP contribution is 2.43. The predicted octanol–water partition coefficient (Wildman–Crippen LogP) is 6.29. The minimum atomic E-state index is 0.290. The van der Waals surface area contributed by atoms with Crippen molar-refractivity contribution in [1.82, 2.24) is 0 Å². The SMILES string of the molecule is C=C(C)c1ccc(C(CC(C)(C)C)C(C)(C)C)cc1. The molecular weight excluding hydrogens is 228 g/mol. The van der Waals surface area contributed by atoms with Gasteiger partial charge in [-0.15, -0.1) is 0 Å². The Balaban J connectivity index is 3.08. The largest absolute Gasteiger partial charge is 0.0955 e. The molecular formula is C19H30. The van der Waals surface area contributed by atoms with Gasteiger partial charge >= 0.3 is 0 Å². The van der Waals surface area contributed by atoms with Gasteiger partial charge in [0.15, 0.2) is 0 Å². The zero-order valence-corrected chi connectivity index (χ0v) is 13.8. The van der Waals surface area contributed by atoms with Crippen LogP contribution in [0.1, 0.15) is 71.9 Å². The molecule has 1 atom stereocenters. The Kier molecular flexibility index (Phi) is 4.66. The highest BCUT2D eigenvalue weighted by Gasteiger charge is 2.30. The van der Waals surface area contributed by atoms with Crippen LogP contribution in [0.25, 0.3) is 5.57 Å². The molecule has 0 nitrogen and oxygen atoms in total. The molecule has 0 spiro atoms. The minimum Gasteiger partial charge on any atom is -0.0955 e. The third-order valence-corrected chi connectivity index (χ3v) is 3.67. The minimum absolute atomic E-state index is 0.290.